The van der Waals surface area contributed by atoms with Crippen molar-refractivity contribution >= 4 is 107 Å². The molecule has 8 heteroatoms. The lowest BCUT2D eigenvalue weighted by Crippen LogP contribution is -2.02. The molecule has 0 heterocycles. The van der Waals surface area contributed by atoms with Gasteiger partial charge in [-0.1, -0.05) is 95.6 Å². The monoisotopic (exact) mass is 680 g/mol. The van der Waals surface area contributed by atoms with Gasteiger partial charge in [-0.3, -0.25) is 0 Å². The molecule has 118 valence electrons. The van der Waals surface area contributed by atoms with Crippen LogP contribution in [0.25, 0.3) is 11.1 Å². The van der Waals surface area contributed by atoms with Crippen LogP contribution in [0.1, 0.15) is 11.1 Å². The number of nitrogens with two attached hydrogens (primary N) is 2. The molecule has 0 bridgehead atoms. The van der Waals surface area contributed by atoms with E-state index in [1.54, 1.807) is 0 Å². The molecule has 2 aromatic carbocycles. The van der Waals surface area contributed by atoms with Gasteiger partial charge >= 0.3 is 0 Å². The van der Waals surface area contributed by atoms with E-state index < -0.39 is 4.29 Å². The van der Waals surface area contributed by atoms with Crippen LogP contribution in [0.5, 0.6) is 0 Å². The third-order valence-corrected chi connectivity index (χ3v) is 5.65. The predicted molar refractivity (Wildman–Crippen MR) is 118 cm³/mol. The summed E-state index contributed by atoms with van der Waals surface area (Å²) in [6.45, 7) is 0. The van der Waals surface area contributed by atoms with Crippen molar-refractivity contribution in [3.63, 3.8) is 0 Å². The zero-order valence-corrected chi connectivity index (χ0v) is 20.4. The highest BCUT2D eigenvalue weighted by molar-refractivity contribution is 9.39. The summed E-state index contributed by atoms with van der Waals surface area (Å²) in [5, 5.41) is 0. The Morgan fingerprint density at radius 1 is 0.545 bits per heavy atom. The SMILES string of the molecule is Nc1cc(-c2cc(N)cc(C(Br)(Br)Br)c2)cc(C(Br)(Br)Br)c1. The molecule has 22 heavy (non-hydrogen) atoms. The van der Waals surface area contributed by atoms with Crippen LogP contribution in [-0.4, -0.2) is 0 Å². The van der Waals surface area contributed by atoms with E-state index in [2.05, 4.69) is 95.6 Å². The van der Waals surface area contributed by atoms with Gasteiger partial charge in [0.1, 0.15) is 0 Å². The zero-order chi connectivity index (χ0) is 16.7. The highest BCUT2D eigenvalue weighted by atomic mass is 80.0. The van der Waals surface area contributed by atoms with Crippen LogP contribution in [0.2, 0.25) is 0 Å². The molecule has 0 saturated heterocycles. The standard InChI is InChI=1S/C14H10Br6N2/c15-13(16,17)9-1-7(3-11(21)5-9)8-2-10(14(18,19)20)6-12(22)4-8/h1-6H,21-22H2. The second-order valence-corrected chi connectivity index (χ2v) is 18.2. The molecule has 2 aromatic rings. The van der Waals surface area contributed by atoms with Gasteiger partial charge in [-0.2, -0.15) is 0 Å². The van der Waals surface area contributed by atoms with E-state index in [9.17, 15) is 0 Å². The molecule has 0 spiro atoms. The molecule has 2 rings (SSSR count). The fourth-order valence-electron chi connectivity index (χ4n) is 1.96. The molecule has 0 aliphatic carbocycles. The highest BCUT2D eigenvalue weighted by Crippen LogP contribution is 2.48. The van der Waals surface area contributed by atoms with Gasteiger partial charge < -0.3 is 11.5 Å². The van der Waals surface area contributed by atoms with Crippen molar-refractivity contribution in [3.8, 4) is 11.1 Å². The van der Waals surface area contributed by atoms with E-state index in [1.807, 2.05) is 36.4 Å². The van der Waals surface area contributed by atoms with Crippen molar-refractivity contribution in [3.05, 3.63) is 47.5 Å². The fraction of sp³-hybridized carbons (Fsp3) is 0.143. The quantitative estimate of drug-likeness (QED) is 0.249. The first kappa shape index (κ1) is 19.2. The van der Waals surface area contributed by atoms with Crippen molar-refractivity contribution in [2.24, 2.45) is 0 Å². The first-order valence-electron chi connectivity index (χ1n) is 5.93. The minimum Gasteiger partial charge on any atom is -0.399 e. The van der Waals surface area contributed by atoms with Crippen LogP contribution < -0.4 is 11.5 Å². The van der Waals surface area contributed by atoms with Crippen molar-refractivity contribution in [1.82, 2.24) is 0 Å². The van der Waals surface area contributed by atoms with E-state index in [0.717, 1.165) is 22.3 Å². The maximum absolute atomic E-state index is 6.03. The summed E-state index contributed by atoms with van der Waals surface area (Å²) in [4.78, 5) is 0. The summed E-state index contributed by atoms with van der Waals surface area (Å²) in [6, 6.07) is 11.7. The topological polar surface area (TPSA) is 52.0 Å². The number of anilines is 2. The summed E-state index contributed by atoms with van der Waals surface area (Å²) < 4.78 is -1.05. The van der Waals surface area contributed by atoms with Crippen molar-refractivity contribution in [2.45, 2.75) is 4.29 Å². The van der Waals surface area contributed by atoms with Crippen LogP contribution in [0, 0.1) is 0 Å². The molecule has 0 aliphatic heterocycles. The van der Waals surface area contributed by atoms with Gasteiger partial charge in [0.15, 0.2) is 4.29 Å². The number of halogens is 6. The fourth-order valence-corrected chi connectivity index (χ4v) is 3.34. The molecule has 0 fully saturated rings. The third kappa shape index (κ3) is 4.96. The van der Waals surface area contributed by atoms with Crippen LogP contribution >= 0.6 is 95.6 Å². The summed E-state index contributed by atoms with van der Waals surface area (Å²) in [5.41, 5.74) is 17.3. The minimum absolute atomic E-state index is 0.523. The molecule has 0 saturated carbocycles. The Labute approximate surface area is 179 Å². The van der Waals surface area contributed by atoms with Gasteiger partial charge in [0, 0.05) is 11.4 Å². The Hall–Kier alpha value is 0.920. The summed E-state index contributed by atoms with van der Waals surface area (Å²) in [7, 11) is 0. The molecule has 0 atom stereocenters. The number of hydrogen-bond donors (Lipinski definition) is 2. The lowest BCUT2D eigenvalue weighted by molar-refractivity contribution is 1.35. The Balaban J connectivity index is 2.62. The van der Waals surface area contributed by atoms with Crippen LogP contribution in [0.3, 0.4) is 0 Å². The second kappa shape index (κ2) is 7.04. The van der Waals surface area contributed by atoms with Gasteiger partial charge in [-0.15, -0.1) is 0 Å². The van der Waals surface area contributed by atoms with Crippen LogP contribution in [0.15, 0.2) is 36.4 Å². The van der Waals surface area contributed by atoms with E-state index in [4.69, 9.17) is 11.5 Å². The minimum atomic E-state index is -0.523. The molecular formula is C14H10Br6N2. The molecule has 0 radical (unpaired) electrons. The summed E-state index contributed by atoms with van der Waals surface area (Å²) >= 11 is 21.1. The van der Waals surface area contributed by atoms with E-state index in [0.29, 0.717) is 11.4 Å². The Bertz CT molecular complexity index is 642. The largest absolute Gasteiger partial charge is 0.399 e. The predicted octanol–water partition coefficient (Wildman–Crippen LogP) is 7.11. The number of nitrogen functional groups attached to an aromatic ring is 2. The molecule has 0 aromatic heterocycles. The van der Waals surface area contributed by atoms with Crippen molar-refractivity contribution in [1.29, 1.82) is 0 Å². The lowest BCUT2D eigenvalue weighted by Gasteiger charge is -2.18. The van der Waals surface area contributed by atoms with Gasteiger partial charge in [0.05, 0.1) is 0 Å². The third-order valence-electron chi connectivity index (χ3n) is 2.90. The Morgan fingerprint density at radius 2 is 0.864 bits per heavy atom. The summed E-state index contributed by atoms with van der Waals surface area (Å²) in [6.07, 6.45) is 0. The molecule has 4 N–H and O–H groups in total. The average Bonchev–Trinajstić information content (AvgIpc) is 2.35. The average molecular weight is 686 g/mol. The first-order valence-corrected chi connectivity index (χ1v) is 10.7. The lowest BCUT2D eigenvalue weighted by atomic mass is 10.00. The maximum Gasteiger partial charge on any atom is 0.159 e. The van der Waals surface area contributed by atoms with Gasteiger partial charge in [-0.05, 0) is 58.7 Å². The van der Waals surface area contributed by atoms with Crippen molar-refractivity contribution < 1.29 is 0 Å². The number of rotatable bonds is 1. The normalized spacial score (nSPS) is 12.5. The zero-order valence-electron chi connectivity index (χ0n) is 10.9. The molecule has 2 nitrogen and oxygen atoms in total. The van der Waals surface area contributed by atoms with Gasteiger partial charge in [0.25, 0.3) is 0 Å². The van der Waals surface area contributed by atoms with E-state index >= 15 is 0 Å². The Morgan fingerprint density at radius 3 is 1.14 bits per heavy atom. The second-order valence-electron chi connectivity index (χ2n) is 4.68. The first-order chi connectivity index (χ1) is 9.96. The number of alkyl halides is 6. The van der Waals surface area contributed by atoms with E-state index in [-0.39, 0.29) is 0 Å². The maximum atomic E-state index is 6.03. The van der Waals surface area contributed by atoms with Gasteiger partial charge in [0.2, 0.25) is 0 Å². The van der Waals surface area contributed by atoms with E-state index in [1.165, 1.54) is 0 Å². The molecule has 0 aliphatic rings. The molecule has 0 unspecified atom stereocenters. The highest BCUT2D eigenvalue weighted by Gasteiger charge is 2.24. The Kier molecular flexibility index (Phi) is 6.16. The smallest absolute Gasteiger partial charge is 0.159 e. The number of benzene rings is 2. The summed E-state index contributed by atoms with van der Waals surface area (Å²) in [5.74, 6) is 0. The number of hydrogen-bond acceptors (Lipinski definition) is 2. The van der Waals surface area contributed by atoms with Crippen molar-refractivity contribution in [2.75, 3.05) is 11.5 Å². The van der Waals surface area contributed by atoms with Crippen LogP contribution in [-0.2, 0) is 4.29 Å². The molecular weight excluding hydrogens is 676 g/mol. The van der Waals surface area contributed by atoms with Gasteiger partial charge in [-0.25, -0.2) is 0 Å². The van der Waals surface area contributed by atoms with Crippen LogP contribution in [0.4, 0.5) is 11.4 Å². The molecule has 0 amide bonds.